The Hall–Kier alpha value is -3.34. The summed E-state index contributed by atoms with van der Waals surface area (Å²) < 4.78 is 53.2. The van der Waals surface area contributed by atoms with Gasteiger partial charge in [0.2, 0.25) is 5.88 Å². The summed E-state index contributed by atoms with van der Waals surface area (Å²) in [5, 5.41) is 2.50. The lowest BCUT2D eigenvalue weighted by Gasteiger charge is -2.15. The predicted molar refractivity (Wildman–Crippen MR) is 117 cm³/mol. The standard InChI is InChI=1S/C22H19BrF3N3O4/c1-3-32-22(31)27-10-14-9-15(24)8-7-13(14)11-33-20-18(23)21(30)29(12(2)28-20)19-16(25)5-4-6-17(19)26/h4-9H,3,10-11H2,1-2H3,(H,27,31). The number of aromatic nitrogens is 2. The van der Waals surface area contributed by atoms with E-state index in [-0.39, 0.29) is 35.9 Å². The van der Waals surface area contributed by atoms with Crippen molar-refractivity contribution in [2.24, 2.45) is 0 Å². The van der Waals surface area contributed by atoms with Crippen LogP contribution in [0.2, 0.25) is 0 Å². The monoisotopic (exact) mass is 525 g/mol. The summed E-state index contributed by atoms with van der Waals surface area (Å²) in [6.45, 7) is 3.10. The van der Waals surface area contributed by atoms with Gasteiger partial charge in [0.05, 0.1) is 6.61 Å². The van der Waals surface area contributed by atoms with E-state index in [4.69, 9.17) is 9.47 Å². The molecule has 3 aromatic rings. The molecule has 11 heteroatoms. The smallest absolute Gasteiger partial charge is 0.407 e. The minimum atomic E-state index is -0.923. The lowest BCUT2D eigenvalue weighted by atomic mass is 10.1. The molecular weight excluding hydrogens is 507 g/mol. The molecule has 0 saturated carbocycles. The molecule has 0 aliphatic carbocycles. The first-order valence-corrected chi connectivity index (χ1v) is 10.6. The van der Waals surface area contributed by atoms with Crippen molar-refractivity contribution in [2.45, 2.75) is 27.0 Å². The molecule has 7 nitrogen and oxygen atoms in total. The van der Waals surface area contributed by atoms with Crippen LogP contribution in [-0.4, -0.2) is 22.3 Å². The number of hydrogen-bond donors (Lipinski definition) is 1. The number of benzene rings is 2. The van der Waals surface area contributed by atoms with Crippen molar-refractivity contribution < 1.29 is 27.4 Å². The van der Waals surface area contributed by atoms with E-state index >= 15 is 0 Å². The lowest BCUT2D eigenvalue weighted by molar-refractivity contribution is 0.151. The maximum atomic E-state index is 14.2. The van der Waals surface area contributed by atoms with Crippen LogP contribution < -0.4 is 15.6 Å². The van der Waals surface area contributed by atoms with E-state index in [9.17, 15) is 22.8 Å². The minimum absolute atomic E-state index is 0.00879. The van der Waals surface area contributed by atoms with Crippen molar-refractivity contribution in [2.75, 3.05) is 6.61 Å². The molecule has 0 atom stereocenters. The first-order chi connectivity index (χ1) is 15.7. The van der Waals surface area contributed by atoms with Crippen LogP contribution in [-0.2, 0) is 17.9 Å². The van der Waals surface area contributed by atoms with Crippen LogP contribution in [0.15, 0.2) is 45.7 Å². The van der Waals surface area contributed by atoms with E-state index in [1.807, 2.05) is 0 Å². The Bertz CT molecular complexity index is 1230. The maximum Gasteiger partial charge on any atom is 0.407 e. The number of hydrogen-bond acceptors (Lipinski definition) is 5. The van der Waals surface area contributed by atoms with Gasteiger partial charge < -0.3 is 14.8 Å². The normalized spacial score (nSPS) is 10.7. The fourth-order valence-corrected chi connectivity index (χ4v) is 3.42. The molecule has 0 fully saturated rings. The number of rotatable bonds is 7. The SMILES string of the molecule is CCOC(=O)NCc1cc(F)ccc1COc1nc(C)n(-c2c(F)cccc2F)c(=O)c1Br. The summed E-state index contributed by atoms with van der Waals surface area (Å²) in [6, 6.07) is 7.17. The number of carbonyl (C=O) groups excluding carboxylic acids is 1. The third kappa shape index (κ3) is 5.54. The number of ether oxygens (including phenoxy) is 2. The molecule has 0 aliphatic rings. The zero-order valence-electron chi connectivity index (χ0n) is 17.6. The van der Waals surface area contributed by atoms with Gasteiger partial charge in [-0.2, -0.15) is 4.98 Å². The topological polar surface area (TPSA) is 82.4 Å². The van der Waals surface area contributed by atoms with Crippen molar-refractivity contribution in [1.82, 2.24) is 14.9 Å². The van der Waals surface area contributed by atoms with E-state index in [1.165, 1.54) is 31.2 Å². The fraction of sp³-hybridized carbons (Fsp3) is 0.227. The zero-order chi connectivity index (χ0) is 24.1. The first kappa shape index (κ1) is 24.3. The Morgan fingerprint density at radius 3 is 2.52 bits per heavy atom. The Morgan fingerprint density at radius 2 is 1.85 bits per heavy atom. The van der Waals surface area contributed by atoms with Crippen molar-refractivity contribution >= 4 is 22.0 Å². The van der Waals surface area contributed by atoms with E-state index in [2.05, 4.69) is 26.2 Å². The van der Waals surface area contributed by atoms with Crippen molar-refractivity contribution in [3.63, 3.8) is 0 Å². The van der Waals surface area contributed by atoms with Crippen LogP contribution >= 0.6 is 15.9 Å². The van der Waals surface area contributed by atoms with Crippen LogP contribution in [0.25, 0.3) is 5.69 Å². The molecule has 0 saturated heterocycles. The largest absolute Gasteiger partial charge is 0.472 e. The molecule has 0 unspecified atom stereocenters. The highest BCUT2D eigenvalue weighted by Gasteiger charge is 2.20. The van der Waals surface area contributed by atoms with Gasteiger partial charge in [-0.1, -0.05) is 12.1 Å². The molecule has 1 aromatic heterocycles. The summed E-state index contributed by atoms with van der Waals surface area (Å²) in [5.41, 5.74) is -0.378. The molecule has 0 bridgehead atoms. The number of para-hydroxylation sites is 1. The third-order valence-electron chi connectivity index (χ3n) is 4.56. The Balaban J connectivity index is 1.87. The summed E-state index contributed by atoms with van der Waals surface area (Å²) in [5.74, 6) is -2.48. The Labute approximate surface area is 195 Å². The molecule has 1 amide bonds. The molecule has 1 heterocycles. The lowest BCUT2D eigenvalue weighted by Crippen LogP contribution is -2.26. The number of carbonyl (C=O) groups is 1. The van der Waals surface area contributed by atoms with Crippen molar-refractivity contribution in [3.05, 3.63) is 85.6 Å². The predicted octanol–water partition coefficient (Wildman–Crippen LogP) is 4.55. The molecule has 33 heavy (non-hydrogen) atoms. The number of halogens is 4. The molecule has 1 N–H and O–H groups in total. The molecule has 0 aliphatic heterocycles. The van der Waals surface area contributed by atoms with Gasteiger partial charge in [-0.3, -0.25) is 9.36 Å². The van der Waals surface area contributed by atoms with Crippen LogP contribution in [0.4, 0.5) is 18.0 Å². The minimum Gasteiger partial charge on any atom is -0.472 e. The Kier molecular flexibility index (Phi) is 7.75. The second kappa shape index (κ2) is 10.5. The molecular formula is C22H19BrF3N3O4. The highest BCUT2D eigenvalue weighted by atomic mass is 79.9. The van der Waals surface area contributed by atoms with Gasteiger partial charge in [0.25, 0.3) is 5.56 Å². The first-order valence-electron chi connectivity index (χ1n) is 9.77. The number of aryl methyl sites for hydroxylation is 1. The Morgan fingerprint density at radius 1 is 1.15 bits per heavy atom. The van der Waals surface area contributed by atoms with E-state index in [1.54, 1.807) is 6.92 Å². The molecule has 2 aromatic carbocycles. The van der Waals surface area contributed by atoms with Crippen LogP contribution in [0, 0.1) is 24.4 Å². The number of amides is 1. The van der Waals surface area contributed by atoms with E-state index in [0.717, 1.165) is 16.7 Å². The number of alkyl carbamates (subject to hydrolysis) is 1. The van der Waals surface area contributed by atoms with E-state index < -0.39 is 34.8 Å². The molecule has 3 rings (SSSR count). The number of nitrogens with zero attached hydrogens (tertiary/aromatic N) is 2. The van der Waals surface area contributed by atoms with Crippen molar-refractivity contribution in [3.8, 4) is 11.6 Å². The van der Waals surface area contributed by atoms with Gasteiger partial charge in [0, 0.05) is 6.54 Å². The molecule has 174 valence electrons. The summed E-state index contributed by atoms with van der Waals surface area (Å²) in [4.78, 5) is 28.5. The highest BCUT2D eigenvalue weighted by Crippen LogP contribution is 2.24. The second-order valence-corrected chi connectivity index (χ2v) is 7.56. The van der Waals surface area contributed by atoms with Crippen molar-refractivity contribution in [1.29, 1.82) is 0 Å². The summed E-state index contributed by atoms with van der Waals surface area (Å²) in [6.07, 6.45) is -0.655. The van der Waals surface area contributed by atoms with Gasteiger partial charge >= 0.3 is 6.09 Å². The van der Waals surface area contributed by atoms with Gasteiger partial charge in [0.1, 0.15) is 40.0 Å². The van der Waals surface area contributed by atoms with Gasteiger partial charge in [0.15, 0.2) is 0 Å². The average molecular weight is 526 g/mol. The number of nitrogens with one attached hydrogen (secondary N) is 1. The second-order valence-electron chi connectivity index (χ2n) is 6.76. The molecule has 0 spiro atoms. The van der Waals surface area contributed by atoms with Crippen LogP contribution in [0.1, 0.15) is 23.9 Å². The van der Waals surface area contributed by atoms with Crippen LogP contribution in [0.3, 0.4) is 0 Å². The fourth-order valence-electron chi connectivity index (χ4n) is 3.04. The van der Waals surface area contributed by atoms with Crippen LogP contribution in [0.5, 0.6) is 5.88 Å². The van der Waals surface area contributed by atoms with E-state index in [0.29, 0.717) is 11.1 Å². The maximum absolute atomic E-state index is 14.2. The highest BCUT2D eigenvalue weighted by molar-refractivity contribution is 9.10. The quantitative estimate of drug-likeness (QED) is 0.489. The zero-order valence-corrected chi connectivity index (χ0v) is 19.2. The summed E-state index contributed by atoms with van der Waals surface area (Å²) in [7, 11) is 0. The average Bonchev–Trinajstić information content (AvgIpc) is 2.77. The van der Waals surface area contributed by atoms with Gasteiger partial charge in [-0.25, -0.2) is 18.0 Å². The van der Waals surface area contributed by atoms with Gasteiger partial charge in [-0.15, -0.1) is 0 Å². The van der Waals surface area contributed by atoms with Gasteiger partial charge in [-0.05, 0) is 65.2 Å². The third-order valence-corrected chi connectivity index (χ3v) is 5.24. The summed E-state index contributed by atoms with van der Waals surface area (Å²) >= 11 is 3.08. The molecule has 0 radical (unpaired) electrons.